The number of pyridine rings is 1. The summed E-state index contributed by atoms with van der Waals surface area (Å²) in [5.41, 5.74) is 4.78. The Morgan fingerprint density at radius 3 is 2.61 bits per heavy atom. The Bertz CT molecular complexity index is 1670. The van der Waals surface area contributed by atoms with Crippen molar-refractivity contribution in [1.29, 1.82) is 0 Å². The highest BCUT2D eigenvalue weighted by atomic mass is 16.3. The number of aromatic nitrogens is 5. The normalized spacial score (nSPS) is 18.2. The van der Waals surface area contributed by atoms with Gasteiger partial charge in [-0.15, -0.1) is 0 Å². The number of fused-ring (bicyclic) bond motifs is 2. The van der Waals surface area contributed by atoms with Crippen LogP contribution in [0.15, 0.2) is 85.3 Å². The van der Waals surface area contributed by atoms with Crippen molar-refractivity contribution in [2.45, 2.75) is 17.9 Å². The van der Waals surface area contributed by atoms with Crippen LogP contribution >= 0.6 is 0 Å². The minimum absolute atomic E-state index is 0.0659. The molecule has 1 fully saturated rings. The first-order valence-corrected chi connectivity index (χ1v) is 12.0. The zero-order valence-corrected chi connectivity index (χ0v) is 19.3. The predicted molar refractivity (Wildman–Crippen MR) is 134 cm³/mol. The molecule has 8 heteroatoms. The van der Waals surface area contributed by atoms with Crippen LogP contribution in [0.1, 0.15) is 28.0 Å². The number of amides is 1. The van der Waals surface area contributed by atoms with Crippen molar-refractivity contribution in [1.82, 2.24) is 29.5 Å². The first-order chi connectivity index (χ1) is 17.6. The number of nitrogens with zero attached hydrogens (tertiary/aromatic N) is 6. The van der Waals surface area contributed by atoms with Gasteiger partial charge in [0.15, 0.2) is 0 Å². The van der Waals surface area contributed by atoms with Gasteiger partial charge in [-0.25, -0.2) is 9.97 Å². The second-order valence-corrected chi connectivity index (χ2v) is 9.38. The van der Waals surface area contributed by atoms with Gasteiger partial charge in [0.25, 0.3) is 11.7 Å². The Balaban J connectivity index is 1.22. The molecule has 176 valence electrons. The number of rotatable bonds is 4. The van der Waals surface area contributed by atoms with E-state index < -0.39 is 6.10 Å². The van der Waals surface area contributed by atoms with Crippen LogP contribution in [0.4, 0.5) is 0 Å². The van der Waals surface area contributed by atoms with Crippen molar-refractivity contribution in [2.75, 3.05) is 13.1 Å². The number of hydrogen-bond acceptors (Lipinski definition) is 6. The van der Waals surface area contributed by atoms with Gasteiger partial charge >= 0.3 is 0 Å². The van der Waals surface area contributed by atoms with Crippen molar-refractivity contribution < 1.29 is 9.90 Å². The summed E-state index contributed by atoms with van der Waals surface area (Å²) in [6.45, 7) is 0.965. The molecule has 1 saturated heterocycles. The lowest BCUT2D eigenvalue weighted by atomic mass is 9.89. The summed E-state index contributed by atoms with van der Waals surface area (Å²) in [6.07, 6.45) is 9.83. The van der Waals surface area contributed by atoms with E-state index >= 15 is 0 Å². The van der Waals surface area contributed by atoms with Gasteiger partial charge in [0.2, 0.25) is 0 Å². The quantitative estimate of drug-likeness (QED) is 0.401. The lowest BCUT2D eigenvalue weighted by Crippen LogP contribution is -2.29. The van der Waals surface area contributed by atoms with Gasteiger partial charge in [-0.3, -0.25) is 9.78 Å². The van der Waals surface area contributed by atoms with E-state index in [9.17, 15) is 9.90 Å². The largest absolute Gasteiger partial charge is 0.391 e. The molecule has 2 aromatic carbocycles. The second kappa shape index (κ2) is 7.79. The molecule has 1 N–H and O–H groups in total. The van der Waals surface area contributed by atoms with E-state index in [1.54, 1.807) is 33.9 Å². The summed E-state index contributed by atoms with van der Waals surface area (Å²) in [4.78, 5) is 27.9. The van der Waals surface area contributed by atoms with Gasteiger partial charge in [-0.1, -0.05) is 36.4 Å². The number of carbonyl (C=O) groups excluding carboxylic acids is 1. The molecular weight excluding hydrogens is 452 g/mol. The molecule has 1 amide bonds. The Morgan fingerprint density at radius 2 is 1.83 bits per heavy atom. The Hall–Kier alpha value is -4.43. The van der Waals surface area contributed by atoms with Crippen LogP contribution in [0, 0.1) is 0 Å². The fourth-order valence-corrected chi connectivity index (χ4v) is 5.01. The van der Waals surface area contributed by atoms with E-state index in [0.29, 0.717) is 36.5 Å². The maximum absolute atomic E-state index is 12.7. The number of allylic oxidation sites excluding steroid dienone is 2. The molecule has 7 rings (SSSR count). The fourth-order valence-electron chi connectivity index (χ4n) is 5.01. The third-order valence-electron chi connectivity index (χ3n) is 7.11. The molecule has 36 heavy (non-hydrogen) atoms. The Morgan fingerprint density at radius 1 is 1.00 bits per heavy atom. The predicted octanol–water partition coefficient (Wildman–Crippen LogP) is 3.40. The highest BCUT2D eigenvalue weighted by molar-refractivity contribution is 5.94. The van der Waals surface area contributed by atoms with Crippen LogP contribution in [0.3, 0.4) is 0 Å². The number of aliphatic hydroxyl groups is 1. The van der Waals surface area contributed by atoms with Crippen LogP contribution in [-0.2, 0) is 5.41 Å². The van der Waals surface area contributed by atoms with Crippen LogP contribution in [0.5, 0.6) is 0 Å². The highest BCUT2D eigenvalue weighted by Crippen LogP contribution is 2.45. The van der Waals surface area contributed by atoms with Crippen molar-refractivity contribution >= 4 is 22.6 Å². The molecule has 0 bridgehead atoms. The molecule has 3 aromatic heterocycles. The number of aliphatic hydroxyl groups excluding tert-OH is 1. The maximum Gasteiger partial charge on any atom is 0.253 e. The molecule has 4 heterocycles. The Kier molecular flexibility index (Phi) is 4.52. The molecule has 0 saturated carbocycles. The number of imidazole rings is 1. The van der Waals surface area contributed by atoms with Gasteiger partial charge in [0, 0.05) is 35.8 Å². The summed E-state index contributed by atoms with van der Waals surface area (Å²) < 4.78 is 1.80. The molecule has 5 aromatic rings. The summed E-state index contributed by atoms with van der Waals surface area (Å²) in [5.74, 6) is 0.465. The monoisotopic (exact) mass is 474 g/mol. The van der Waals surface area contributed by atoms with Crippen molar-refractivity contribution in [3.63, 3.8) is 0 Å². The topological polar surface area (TPSA) is 96.5 Å². The third-order valence-corrected chi connectivity index (χ3v) is 7.11. The highest BCUT2D eigenvalue weighted by Gasteiger charge is 2.41. The van der Waals surface area contributed by atoms with Crippen LogP contribution < -0.4 is 0 Å². The van der Waals surface area contributed by atoms with Crippen molar-refractivity contribution in [2.24, 2.45) is 0 Å². The van der Waals surface area contributed by atoms with Gasteiger partial charge in [-0.05, 0) is 42.3 Å². The smallest absolute Gasteiger partial charge is 0.253 e. The zero-order chi connectivity index (χ0) is 24.3. The van der Waals surface area contributed by atoms with E-state index in [2.05, 4.69) is 45.3 Å². The zero-order valence-electron chi connectivity index (χ0n) is 19.3. The molecule has 1 atom stereocenters. The molecule has 1 unspecified atom stereocenters. The molecule has 1 aliphatic heterocycles. The third kappa shape index (κ3) is 3.30. The number of β-amino-alcohol motifs (C(OH)–C–C–N with tert-alkyl or cyclic N) is 1. The second-order valence-electron chi connectivity index (χ2n) is 9.38. The lowest BCUT2D eigenvalue weighted by Gasteiger charge is -2.17. The van der Waals surface area contributed by atoms with E-state index in [1.807, 2.05) is 30.5 Å². The average molecular weight is 475 g/mol. The average Bonchev–Trinajstić information content (AvgIpc) is 3.42. The molecule has 0 radical (unpaired) electrons. The van der Waals surface area contributed by atoms with Gasteiger partial charge in [0.05, 0.1) is 35.1 Å². The summed E-state index contributed by atoms with van der Waals surface area (Å²) in [6, 6.07) is 17.7. The fraction of sp³-hybridized carbons (Fsp3) is 0.179. The van der Waals surface area contributed by atoms with Gasteiger partial charge in [-0.2, -0.15) is 9.61 Å². The van der Waals surface area contributed by atoms with Crippen LogP contribution in [0.2, 0.25) is 0 Å². The van der Waals surface area contributed by atoms with E-state index in [1.165, 1.54) is 0 Å². The van der Waals surface area contributed by atoms with Crippen molar-refractivity contribution in [3.8, 4) is 11.3 Å². The molecule has 1 aliphatic carbocycles. The molecule has 2 aliphatic rings. The summed E-state index contributed by atoms with van der Waals surface area (Å²) in [7, 11) is 0. The lowest BCUT2D eigenvalue weighted by molar-refractivity contribution is 0.0765. The number of benzene rings is 2. The SMILES string of the molecule is O=C(c1ccc(-c2cnc3ncc(C4(c5ccc6ncccc6c5)C=C4)n3n2)cc1)N1CCC(O)C1. The molecular formula is C28H22N6O2. The standard InChI is InChI=1S/C28H22N6O2/c35-22-9-13-33(17-22)26(36)19-5-3-18(4-6-19)24-15-30-27-31-16-25(34(27)32-24)28(10-11-28)21-7-8-23-20(14-21)2-1-12-29-23/h1-8,10-12,14-16,22,35H,9,13,17H2. The van der Waals surface area contributed by atoms with E-state index in [4.69, 9.17) is 5.10 Å². The van der Waals surface area contributed by atoms with Crippen LogP contribution in [-0.4, -0.2) is 59.7 Å². The van der Waals surface area contributed by atoms with Crippen LogP contribution in [0.25, 0.3) is 27.9 Å². The van der Waals surface area contributed by atoms with Gasteiger partial charge < -0.3 is 10.0 Å². The number of likely N-dealkylation sites (tertiary alicyclic amines) is 1. The molecule has 0 spiro atoms. The van der Waals surface area contributed by atoms with E-state index in [-0.39, 0.29) is 11.3 Å². The number of hydrogen-bond donors (Lipinski definition) is 1. The number of carbonyl (C=O) groups is 1. The van der Waals surface area contributed by atoms with Gasteiger partial charge in [0.1, 0.15) is 5.69 Å². The first-order valence-electron chi connectivity index (χ1n) is 12.0. The van der Waals surface area contributed by atoms with E-state index in [0.717, 1.165) is 27.7 Å². The Labute approximate surface area is 206 Å². The van der Waals surface area contributed by atoms with Crippen molar-refractivity contribution in [3.05, 3.63) is 102 Å². The molecule has 8 nitrogen and oxygen atoms in total. The summed E-state index contributed by atoms with van der Waals surface area (Å²) in [5, 5.41) is 15.7. The minimum Gasteiger partial charge on any atom is -0.391 e. The minimum atomic E-state index is -0.435. The summed E-state index contributed by atoms with van der Waals surface area (Å²) >= 11 is 0. The maximum atomic E-state index is 12.7. The first kappa shape index (κ1) is 20.9.